The van der Waals surface area contributed by atoms with E-state index in [2.05, 4.69) is 30.3 Å². The van der Waals surface area contributed by atoms with E-state index >= 15 is 0 Å². The molecule has 4 heterocycles. The molecule has 0 saturated carbocycles. The van der Waals surface area contributed by atoms with Gasteiger partial charge in [-0.15, -0.1) is 11.3 Å². The van der Waals surface area contributed by atoms with Crippen molar-refractivity contribution in [3.8, 4) is 5.82 Å². The van der Waals surface area contributed by atoms with Crippen LogP contribution in [0.25, 0.3) is 5.82 Å². The van der Waals surface area contributed by atoms with E-state index in [4.69, 9.17) is 4.74 Å². The number of carbonyl (C=O) groups excluding carboxylic acids is 2. The Labute approximate surface area is 170 Å². The first kappa shape index (κ1) is 19.0. The van der Waals surface area contributed by atoms with Crippen molar-refractivity contribution < 1.29 is 14.3 Å². The Balaban J connectivity index is 1.46. The zero-order valence-corrected chi connectivity index (χ0v) is 16.5. The molecule has 1 saturated heterocycles. The van der Waals surface area contributed by atoms with Gasteiger partial charge in [0.25, 0.3) is 0 Å². The maximum atomic E-state index is 12.8. The number of nitrogens with zero attached hydrogens (tertiary/aromatic N) is 6. The number of hydrogen-bond donors (Lipinski definition) is 1. The zero-order chi connectivity index (χ0) is 20.2. The molecule has 0 spiro atoms. The van der Waals surface area contributed by atoms with Crippen LogP contribution in [-0.4, -0.2) is 56.8 Å². The number of hydrogen-bond acceptors (Lipinski definition) is 9. The number of anilines is 2. The van der Waals surface area contributed by atoms with Gasteiger partial charge in [-0.05, 0) is 24.3 Å². The topological polar surface area (TPSA) is 115 Å². The molecule has 1 aliphatic heterocycles. The molecule has 1 aliphatic rings. The number of esters is 1. The molecule has 3 aromatic rings. The Bertz CT molecular complexity index is 1000. The van der Waals surface area contributed by atoms with Crippen molar-refractivity contribution in [1.82, 2.24) is 24.7 Å². The molecule has 1 amide bonds. The summed E-state index contributed by atoms with van der Waals surface area (Å²) < 4.78 is 6.33. The van der Waals surface area contributed by atoms with Crippen molar-refractivity contribution in [2.45, 2.75) is 12.8 Å². The van der Waals surface area contributed by atoms with Crippen LogP contribution in [0, 0.1) is 5.92 Å². The second-order valence-electron chi connectivity index (χ2n) is 6.50. The van der Waals surface area contributed by atoms with Gasteiger partial charge in [0.1, 0.15) is 29.7 Å². The van der Waals surface area contributed by atoms with Gasteiger partial charge in [0.2, 0.25) is 5.91 Å². The van der Waals surface area contributed by atoms with E-state index in [1.807, 2.05) is 6.07 Å². The monoisotopic (exact) mass is 413 g/mol. The van der Waals surface area contributed by atoms with Gasteiger partial charge in [0.15, 0.2) is 5.82 Å². The number of carbonyl (C=O) groups is 2. The van der Waals surface area contributed by atoms with Gasteiger partial charge in [0, 0.05) is 19.2 Å². The Morgan fingerprint density at radius 3 is 2.93 bits per heavy atom. The van der Waals surface area contributed by atoms with Crippen LogP contribution in [0.4, 0.5) is 11.5 Å². The summed E-state index contributed by atoms with van der Waals surface area (Å²) in [6.07, 6.45) is 6.10. The van der Waals surface area contributed by atoms with E-state index in [-0.39, 0.29) is 11.8 Å². The minimum absolute atomic E-state index is 0.121. The molecule has 4 rings (SSSR count). The van der Waals surface area contributed by atoms with Crippen molar-refractivity contribution in [3.63, 3.8) is 0 Å². The number of aromatic nitrogens is 5. The fraction of sp³-hybridized carbons (Fsp3) is 0.333. The summed E-state index contributed by atoms with van der Waals surface area (Å²) in [5, 5.41) is 8.70. The molecule has 29 heavy (non-hydrogen) atoms. The minimum atomic E-state index is -0.456. The summed E-state index contributed by atoms with van der Waals surface area (Å²) >= 11 is 1.24. The first-order chi connectivity index (χ1) is 14.2. The Morgan fingerprint density at radius 1 is 1.28 bits per heavy atom. The maximum absolute atomic E-state index is 12.8. The van der Waals surface area contributed by atoms with Gasteiger partial charge in [-0.25, -0.2) is 24.4 Å². The molecule has 1 N–H and O–H groups in total. The molecule has 0 radical (unpaired) electrons. The van der Waals surface area contributed by atoms with E-state index in [1.54, 1.807) is 22.5 Å². The maximum Gasteiger partial charge on any atom is 0.350 e. The third kappa shape index (κ3) is 4.09. The predicted molar refractivity (Wildman–Crippen MR) is 106 cm³/mol. The number of amides is 1. The molecule has 150 valence electrons. The summed E-state index contributed by atoms with van der Waals surface area (Å²) in [6, 6.07) is 3.54. The van der Waals surface area contributed by atoms with Crippen LogP contribution in [0.15, 0.2) is 36.5 Å². The van der Waals surface area contributed by atoms with E-state index < -0.39 is 5.97 Å². The molecule has 0 unspecified atom stereocenters. The average molecular weight is 413 g/mol. The van der Waals surface area contributed by atoms with Crippen LogP contribution in [0.2, 0.25) is 0 Å². The van der Waals surface area contributed by atoms with Gasteiger partial charge in [-0.1, -0.05) is 0 Å². The third-order valence-corrected chi connectivity index (χ3v) is 5.60. The van der Waals surface area contributed by atoms with Gasteiger partial charge in [-0.3, -0.25) is 4.79 Å². The molecule has 1 atom stereocenters. The van der Waals surface area contributed by atoms with E-state index in [0.717, 1.165) is 25.2 Å². The second-order valence-corrected chi connectivity index (χ2v) is 7.42. The van der Waals surface area contributed by atoms with Crippen molar-refractivity contribution in [2.75, 3.05) is 30.4 Å². The molecule has 0 aromatic carbocycles. The third-order valence-electron chi connectivity index (χ3n) is 4.70. The van der Waals surface area contributed by atoms with Crippen LogP contribution < -0.4 is 10.2 Å². The number of ether oxygens (including phenoxy) is 1. The molecule has 0 aliphatic carbocycles. The van der Waals surface area contributed by atoms with E-state index in [1.165, 1.54) is 31.1 Å². The first-order valence-corrected chi connectivity index (χ1v) is 9.92. The van der Waals surface area contributed by atoms with Crippen LogP contribution in [-0.2, 0) is 9.53 Å². The van der Waals surface area contributed by atoms with Gasteiger partial charge < -0.3 is 15.0 Å². The fourth-order valence-corrected chi connectivity index (χ4v) is 4.02. The number of rotatable bonds is 5. The number of nitrogens with one attached hydrogen (secondary N) is 1. The Morgan fingerprint density at radius 2 is 2.14 bits per heavy atom. The first-order valence-electron chi connectivity index (χ1n) is 9.04. The number of piperidine rings is 1. The van der Waals surface area contributed by atoms with Gasteiger partial charge in [-0.2, -0.15) is 5.10 Å². The number of thiophene rings is 1. The quantitative estimate of drug-likeness (QED) is 0.629. The van der Waals surface area contributed by atoms with Crippen LogP contribution >= 0.6 is 11.3 Å². The number of methoxy groups -OCH3 is 1. The van der Waals surface area contributed by atoms with Crippen LogP contribution in [0.1, 0.15) is 22.5 Å². The Kier molecular flexibility index (Phi) is 5.47. The molecule has 10 nitrogen and oxygen atoms in total. The van der Waals surface area contributed by atoms with E-state index in [9.17, 15) is 9.59 Å². The lowest BCUT2D eigenvalue weighted by Crippen LogP contribution is -2.41. The second kappa shape index (κ2) is 8.35. The van der Waals surface area contributed by atoms with Crippen molar-refractivity contribution in [2.24, 2.45) is 5.92 Å². The lowest BCUT2D eigenvalue weighted by Gasteiger charge is -2.32. The normalized spacial score (nSPS) is 16.4. The summed E-state index contributed by atoms with van der Waals surface area (Å²) in [7, 11) is 1.32. The van der Waals surface area contributed by atoms with E-state index in [0.29, 0.717) is 22.9 Å². The summed E-state index contributed by atoms with van der Waals surface area (Å²) in [5.41, 5.74) is 0.486. The van der Waals surface area contributed by atoms with Crippen LogP contribution in [0.3, 0.4) is 0 Å². The minimum Gasteiger partial charge on any atom is -0.465 e. The standard InChI is InChI=1S/C18H19N7O3S/c1-28-18(27)16-13(4-6-29-16)23-17(26)12-3-2-5-24(8-12)14-7-15(21-10-20-14)25-11-19-9-22-25/h4,6-7,9-12H,2-3,5,8H2,1H3,(H,23,26)/t12-/m1/s1. The van der Waals surface area contributed by atoms with Crippen molar-refractivity contribution >= 4 is 34.7 Å². The highest BCUT2D eigenvalue weighted by atomic mass is 32.1. The molecule has 11 heteroatoms. The Hall–Kier alpha value is -3.34. The lowest BCUT2D eigenvalue weighted by molar-refractivity contribution is -0.120. The highest BCUT2D eigenvalue weighted by Crippen LogP contribution is 2.27. The lowest BCUT2D eigenvalue weighted by atomic mass is 9.97. The zero-order valence-electron chi connectivity index (χ0n) is 15.7. The molecule has 3 aromatic heterocycles. The summed E-state index contributed by atoms with van der Waals surface area (Å²) in [4.78, 5) is 39.6. The molecular formula is C18H19N7O3S. The smallest absolute Gasteiger partial charge is 0.350 e. The van der Waals surface area contributed by atoms with Crippen LogP contribution in [0.5, 0.6) is 0 Å². The highest BCUT2D eigenvalue weighted by Gasteiger charge is 2.28. The average Bonchev–Trinajstić information content (AvgIpc) is 3.46. The summed E-state index contributed by atoms with van der Waals surface area (Å²) in [6.45, 7) is 1.32. The molecule has 0 bridgehead atoms. The SMILES string of the molecule is COC(=O)c1sccc1NC(=O)[C@@H]1CCCN(c2cc(-n3cncn3)ncn2)C1. The largest absolute Gasteiger partial charge is 0.465 e. The molecule has 1 fully saturated rings. The van der Waals surface area contributed by atoms with Crippen molar-refractivity contribution in [1.29, 1.82) is 0 Å². The summed E-state index contributed by atoms with van der Waals surface area (Å²) in [5.74, 6) is 0.541. The van der Waals surface area contributed by atoms with Crippen molar-refractivity contribution in [3.05, 3.63) is 41.4 Å². The van der Waals surface area contributed by atoms with Gasteiger partial charge >= 0.3 is 5.97 Å². The van der Waals surface area contributed by atoms with Gasteiger partial charge in [0.05, 0.1) is 18.7 Å². The fourth-order valence-electron chi connectivity index (χ4n) is 3.25. The molecular weight excluding hydrogens is 394 g/mol. The highest BCUT2D eigenvalue weighted by molar-refractivity contribution is 7.12. The predicted octanol–water partition coefficient (Wildman–Crippen LogP) is 1.76.